The molecule has 1 heterocycles. The van der Waals surface area contributed by atoms with Gasteiger partial charge in [0.2, 0.25) is 0 Å². The first kappa shape index (κ1) is 5.92. The molecule has 0 amide bonds. The predicted molar refractivity (Wildman–Crippen MR) is 36.4 cm³/mol. The van der Waals surface area contributed by atoms with Gasteiger partial charge in [0.25, 0.3) is 0 Å². The average molecular weight is 138 g/mol. The van der Waals surface area contributed by atoms with E-state index >= 15 is 0 Å². The van der Waals surface area contributed by atoms with Crippen LogP contribution in [0.25, 0.3) is 0 Å². The van der Waals surface area contributed by atoms with Crippen molar-refractivity contribution in [1.82, 2.24) is 9.78 Å². The maximum Gasteiger partial charge on any atom is 0.0844 e. The van der Waals surface area contributed by atoms with Gasteiger partial charge >= 0.3 is 0 Å². The van der Waals surface area contributed by atoms with Gasteiger partial charge in [-0.15, -0.1) is 0 Å². The van der Waals surface area contributed by atoms with Crippen molar-refractivity contribution in [1.29, 1.82) is 0 Å². The minimum Gasteiger partial charge on any atom is -0.388 e. The van der Waals surface area contributed by atoms with Crippen LogP contribution in [0, 0.1) is 0 Å². The van der Waals surface area contributed by atoms with Gasteiger partial charge in [0, 0.05) is 12.4 Å². The summed E-state index contributed by atoms with van der Waals surface area (Å²) in [4.78, 5) is 0. The molecule has 0 radical (unpaired) electrons. The van der Waals surface area contributed by atoms with Crippen molar-refractivity contribution >= 4 is 0 Å². The average Bonchev–Trinajstić information content (AvgIpc) is 2.47. The smallest absolute Gasteiger partial charge is 0.0844 e. The van der Waals surface area contributed by atoms with Crippen LogP contribution < -0.4 is 0 Å². The standard InChI is InChI=1S/C7H10N2O/c10-7(2-3-7)6-9-5-1-4-8-9/h1,4-5,10H,2-3,6H2. The highest BCUT2D eigenvalue weighted by atomic mass is 16.3. The lowest BCUT2D eigenvalue weighted by molar-refractivity contribution is 0.125. The summed E-state index contributed by atoms with van der Waals surface area (Å²) in [5, 5.41) is 13.4. The van der Waals surface area contributed by atoms with Crippen LogP contribution >= 0.6 is 0 Å². The molecule has 3 heteroatoms. The fraction of sp³-hybridized carbons (Fsp3) is 0.571. The third kappa shape index (κ3) is 1.04. The van der Waals surface area contributed by atoms with Crippen molar-refractivity contribution in [3.05, 3.63) is 18.5 Å². The summed E-state index contributed by atoms with van der Waals surface area (Å²) in [5.41, 5.74) is -0.425. The Balaban J connectivity index is 2.04. The zero-order valence-corrected chi connectivity index (χ0v) is 5.70. The predicted octanol–water partition coefficient (Wildman–Crippen LogP) is 0.408. The van der Waals surface area contributed by atoms with Crippen LogP contribution in [0.2, 0.25) is 0 Å². The van der Waals surface area contributed by atoms with Gasteiger partial charge in [0.1, 0.15) is 0 Å². The summed E-state index contributed by atoms with van der Waals surface area (Å²) in [6.45, 7) is 0.653. The summed E-state index contributed by atoms with van der Waals surface area (Å²) in [6, 6.07) is 1.87. The first-order valence-corrected chi connectivity index (χ1v) is 3.48. The molecule has 0 unspecified atom stereocenters. The molecule has 0 saturated heterocycles. The molecule has 10 heavy (non-hydrogen) atoms. The van der Waals surface area contributed by atoms with Crippen molar-refractivity contribution in [2.45, 2.75) is 25.0 Å². The van der Waals surface area contributed by atoms with Gasteiger partial charge < -0.3 is 5.11 Å². The Morgan fingerprint density at radius 2 is 2.40 bits per heavy atom. The first-order valence-electron chi connectivity index (χ1n) is 3.48. The molecule has 0 bridgehead atoms. The van der Waals surface area contributed by atoms with E-state index in [-0.39, 0.29) is 0 Å². The van der Waals surface area contributed by atoms with Crippen LogP contribution in [-0.2, 0) is 6.54 Å². The second kappa shape index (κ2) is 1.83. The Bertz CT molecular complexity index is 214. The molecule has 1 aliphatic rings. The zero-order chi connectivity index (χ0) is 7.03. The van der Waals surface area contributed by atoms with Crippen molar-refractivity contribution in [2.75, 3.05) is 0 Å². The van der Waals surface area contributed by atoms with E-state index in [1.54, 1.807) is 10.9 Å². The summed E-state index contributed by atoms with van der Waals surface area (Å²) >= 11 is 0. The summed E-state index contributed by atoms with van der Waals surface area (Å²) in [7, 11) is 0. The summed E-state index contributed by atoms with van der Waals surface area (Å²) in [6.07, 6.45) is 5.45. The number of aromatic nitrogens is 2. The Labute approximate surface area is 59.3 Å². The monoisotopic (exact) mass is 138 g/mol. The molecule has 1 fully saturated rings. The highest BCUT2D eigenvalue weighted by molar-refractivity contribution is 4.94. The maximum atomic E-state index is 9.44. The van der Waals surface area contributed by atoms with E-state index in [9.17, 15) is 5.11 Å². The Morgan fingerprint density at radius 3 is 2.90 bits per heavy atom. The number of rotatable bonds is 2. The van der Waals surface area contributed by atoms with E-state index < -0.39 is 5.60 Å². The summed E-state index contributed by atoms with van der Waals surface area (Å²) in [5.74, 6) is 0. The van der Waals surface area contributed by atoms with Crippen LogP contribution in [0.3, 0.4) is 0 Å². The number of hydrogen-bond acceptors (Lipinski definition) is 2. The van der Waals surface area contributed by atoms with Gasteiger partial charge in [0.05, 0.1) is 12.1 Å². The third-order valence-electron chi connectivity index (χ3n) is 1.84. The molecule has 0 spiro atoms. The molecule has 1 aromatic heterocycles. The van der Waals surface area contributed by atoms with Crippen LogP contribution in [0.15, 0.2) is 18.5 Å². The lowest BCUT2D eigenvalue weighted by Crippen LogP contribution is -2.16. The van der Waals surface area contributed by atoms with Gasteiger partial charge in [-0.25, -0.2) is 0 Å². The topological polar surface area (TPSA) is 38.0 Å². The molecule has 0 aliphatic heterocycles. The van der Waals surface area contributed by atoms with E-state index in [1.807, 2.05) is 12.3 Å². The van der Waals surface area contributed by atoms with Crippen LogP contribution in [0.4, 0.5) is 0 Å². The summed E-state index contributed by atoms with van der Waals surface area (Å²) < 4.78 is 1.77. The lowest BCUT2D eigenvalue weighted by Gasteiger charge is -2.05. The van der Waals surface area contributed by atoms with E-state index in [0.717, 1.165) is 12.8 Å². The molecule has 1 N–H and O–H groups in total. The normalized spacial score (nSPS) is 20.9. The highest BCUT2D eigenvalue weighted by Gasteiger charge is 2.40. The van der Waals surface area contributed by atoms with E-state index in [4.69, 9.17) is 0 Å². The molecule has 0 aromatic carbocycles. The first-order chi connectivity index (χ1) is 4.79. The molecule has 1 saturated carbocycles. The van der Waals surface area contributed by atoms with Crippen LogP contribution in [-0.4, -0.2) is 20.5 Å². The fourth-order valence-corrected chi connectivity index (χ4v) is 0.998. The Morgan fingerprint density at radius 1 is 1.60 bits per heavy atom. The van der Waals surface area contributed by atoms with Crippen LogP contribution in [0.5, 0.6) is 0 Å². The number of hydrogen-bond donors (Lipinski definition) is 1. The van der Waals surface area contributed by atoms with Gasteiger partial charge in [-0.2, -0.15) is 5.10 Å². The fourth-order valence-electron chi connectivity index (χ4n) is 0.998. The second-order valence-electron chi connectivity index (χ2n) is 2.93. The molecule has 54 valence electrons. The van der Waals surface area contributed by atoms with Gasteiger partial charge in [-0.1, -0.05) is 0 Å². The Hall–Kier alpha value is -0.830. The molecule has 2 rings (SSSR count). The minimum atomic E-state index is -0.425. The van der Waals surface area contributed by atoms with Gasteiger partial charge in [0.15, 0.2) is 0 Å². The SMILES string of the molecule is OC1(Cn2cccn2)CC1. The quantitative estimate of drug-likeness (QED) is 0.642. The lowest BCUT2D eigenvalue weighted by atomic mass is 10.3. The number of nitrogens with zero attached hydrogens (tertiary/aromatic N) is 2. The van der Waals surface area contributed by atoms with Crippen molar-refractivity contribution in [2.24, 2.45) is 0 Å². The van der Waals surface area contributed by atoms with Gasteiger partial charge in [-0.05, 0) is 18.9 Å². The molecular weight excluding hydrogens is 128 g/mol. The van der Waals surface area contributed by atoms with Gasteiger partial charge in [-0.3, -0.25) is 4.68 Å². The van der Waals surface area contributed by atoms with E-state index in [0.29, 0.717) is 6.54 Å². The van der Waals surface area contributed by atoms with E-state index in [1.165, 1.54) is 0 Å². The van der Waals surface area contributed by atoms with Crippen LogP contribution in [0.1, 0.15) is 12.8 Å². The van der Waals surface area contributed by atoms with Crippen molar-refractivity contribution in [3.63, 3.8) is 0 Å². The third-order valence-corrected chi connectivity index (χ3v) is 1.84. The zero-order valence-electron chi connectivity index (χ0n) is 5.70. The van der Waals surface area contributed by atoms with Crippen molar-refractivity contribution < 1.29 is 5.11 Å². The minimum absolute atomic E-state index is 0.425. The van der Waals surface area contributed by atoms with E-state index in [2.05, 4.69) is 5.10 Å². The largest absolute Gasteiger partial charge is 0.388 e. The maximum absolute atomic E-state index is 9.44. The highest BCUT2D eigenvalue weighted by Crippen LogP contribution is 2.36. The molecule has 1 aromatic rings. The number of aliphatic hydroxyl groups is 1. The molecule has 3 nitrogen and oxygen atoms in total. The van der Waals surface area contributed by atoms with Crippen molar-refractivity contribution in [3.8, 4) is 0 Å². The molecular formula is C7H10N2O. The molecule has 1 aliphatic carbocycles. The Kier molecular flexibility index (Phi) is 1.08. The molecule has 0 atom stereocenters. The second-order valence-corrected chi connectivity index (χ2v) is 2.93.